The molecular weight excluding hydrogens is 344 g/mol. The van der Waals surface area contributed by atoms with Crippen molar-refractivity contribution < 1.29 is 9.72 Å². The molecule has 0 fully saturated rings. The van der Waals surface area contributed by atoms with E-state index in [-0.39, 0.29) is 11.6 Å². The van der Waals surface area contributed by atoms with Gasteiger partial charge in [-0.1, -0.05) is 30.3 Å². The number of pyridine rings is 1. The van der Waals surface area contributed by atoms with Crippen LogP contribution in [0.15, 0.2) is 73.1 Å². The molecule has 7 heteroatoms. The van der Waals surface area contributed by atoms with Crippen molar-refractivity contribution in [2.45, 2.75) is 0 Å². The number of fused-ring (bicyclic) bond motifs is 1. The first-order valence-corrected chi connectivity index (χ1v) is 8.20. The number of carbonyl (C=O) groups is 1. The number of nitro benzene ring substituents is 1. The number of hydrogen-bond acceptors (Lipinski definition) is 4. The number of aromatic amines is 1. The quantitative estimate of drug-likeness (QED) is 0.417. The third-order valence-electron chi connectivity index (χ3n) is 4.22. The molecule has 132 valence electrons. The minimum absolute atomic E-state index is 0.0280. The second-order valence-electron chi connectivity index (χ2n) is 5.92. The highest BCUT2D eigenvalue weighted by atomic mass is 16.6. The van der Waals surface area contributed by atoms with E-state index < -0.39 is 4.92 Å². The lowest BCUT2D eigenvalue weighted by atomic mass is 10.0. The van der Waals surface area contributed by atoms with Gasteiger partial charge >= 0.3 is 0 Å². The third kappa shape index (κ3) is 3.13. The number of nitrogens with zero attached hydrogens (tertiary/aromatic N) is 2. The standard InChI is InChI=1S/C20H14N4O3/c25-20(22-14-8-10-21-11-9-14)19-18(13-4-2-1-3-5-13)16-12-15(24(26)27)6-7-17(16)23-19/h1-12,23H,(H,21,22,25). The van der Waals surface area contributed by atoms with Gasteiger partial charge in [-0.2, -0.15) is 0 Å². The topological polar surface area (TPSA) is 101 Å². The van der Waals surface area contributed by atoms with Crippen LogP contribution in [0.2, 0.25) is 0 Å². The highest BCUT2D eigenvalue weighted by Crippen LogP contribution is 2.34. The van der Waals surface area contributed by atoms with Gasteiger partial charge in [-0.25, -0.2) is 0 Å². The summed E-state index contributed by atoms with van der Waals surface area (Å²) in [7, 11) is 0. The van der Waals surface area contributed by atoms with Gasteiger partial charge in [0.1, 0.15) is 5.69 Å². The summed E-state index contributed by atoms with van der Waals surface area (Å²) < 4.78 is 0. The fraction of sp³-hybridized carbons (Fsp3) is 0. The third-order valence-corrected chi connectivity index (χ3v) is 4.22. The van der Waals surface area contributed by atoms with E-state index in [1.54, 1.807) is 30.6 Å². The maximum Gasteiger partial charge on any atom is 0.272 e. The summed E-state index contributed by atoms with van der Waals surface area (Å²) in [5, 5.41) is 14.6. The van der Waals surface area contributed by atoms with Gasteiger partial charge in [0.25, 0.3) is 11.6 Å². The summed E-state index contributed by atoms with van der Waals surface area (Å²) in [6.45, 7) is 0. The smallest absolute Gasteiger partial charge is 0.272 e. The molecule has 27 heavy (non-hydrogen) atoms. The van der Waals surface area contributed by atoms with Gasteiger partial charge in [-0.05, 0) is 23.8 Å². The van der Waals surface area contributed by atoms with E-state index in [0.29, 0.717) is 27.8 Å². The number of benzene rings is 2. The zero-order chi connectivity index (χ0) is 18.8. The summed E-state index contributed by atoms with van der Waals surface area (Å²) in [5.41, 5.74) is 3.00. The Kier molecular flexibility index (Phi) is 4.10. The predicted octanol–water partition coefficient (Wildman–Crippen LogP) is 4.39. The minimum atomic E-state index is -0.447. The van der Waals surface area contributed by atoms with Crippen molar-refractivity contribution in [1.29, 1.82) is 0 Å². The number of nitro groups is 1. The van der Waals surface area contributed by atoms with Crippen LogP contribution in [0.4, 0.5) is 11.4 Å². The average Bonchev–Trinajstić information content (AvgIpc) is 3.08. The van der Waals surface area contributed by atoms with Crippen molar-refractivity contribution in [2.24, 2.45) is 0 Å². The first-order chi connectivity index (χ1) is 13.1. The van der Waals surface area contributed by atoms with Gasteiger partial charge in [0.05, 0.1) is 4.92 Å². The molecule has 2 aromatic carbocycles. The number of amides is 1. The molecule has 4 aromatic rings. The summed E-state index contributed by atoms with van der Waals surface area (Å²) in [6.07, 6.45) is 3.17. The molecule has 0 aliphatic rings. The minimum Gasteiger partial charge on any atom is -0.350 e. The maximum atomic E-state index is 12.9. The van der Waals surface area contributed by atoms with Crippen molar-refractivity contribution in [3.63, 3.8) is 0 Å². The molecule has 0 aliphatic heterocycles. The van der Waals surface area contributed by atoms with E-state index >= 15 is 0 Å². The molecule has 0 saturated heterocycles. The average molecular weight is 358 g/mol. The van der Waals surface area contributed by atoms with E-state index in [0.717, 1.165) is 5.56 Å². The van der Waals surface area contributed by atoms with Crippen LogP contribution in [0.25, 0.3) is 22.0 Å². The van der Waals surface area contributed by atoms with Crippen LogP contribution < -0.4 is 5.32 Å². The molecule has 2 aromatic heterocycles. The van der Waals surface area contributed by atoms with E-state index in [1.807, 2.05) is 30.3 Å². The fourth-order valence-corrected chi connectivity index (χ4v) is 3.00. The summed E-state index contributed by atoms with van der Waals surface area (Å²) in [6, 6.07) is 17.2. The number of hydrogen-bond donors (Lipinski definition) is 2. The van der Waals surface area contributed by atoms with Crippen LogP contribution in [0.3, 0.4) is 0 Å². The van der Waals surface area contributed by atoms with Gasteiger partial charge in [-0.3, -0.25) is 19.9 Å². The number of nitrogens with one attached hydrogen (secondary N) is 2. The van der Waals surface area contributed by atoms with Crippen LogP contribution in [0.5, 0.6) is 0 Å². The van der Waals surface area contributed by atoms with E-state index in [2.05, 4.69) is 15.3 Å². The number of anilines is 1. The molecule has 0 bridgehead atoms. The molecule has 0 unspecified atom stereocenters. The highest BCUT2D eigenvalue weighted by Gasteiger charge is 2.21. The maximum absolute atomic E-state index is 12.9. The van der Waals surface area contributed by atoms with E-state index in [1.165, 1.54) is 12.1 Å². The largest absolute Gasteiger partial charge is 0.350 e. The van der Waals surface area contributed by atoms with Crippen LogP contribution in [-0.2, 0) is 0 Å². The molecule has 0 spiro atoms. The first-order valence-electron chi connectivity index (χ1n) is 8.20. The SMILES string of the molecule is O=C(Nc1ccncc1)c1[nH]c2ccc([N+](=O)[O-])cc2c1-c1ccccc1. The summed E-state index contributed by atoms with van der Waals surface area (Å²) in [5.74, 6) is -0.334. The van der Waals surface area contributed by atoms with Crippen LogP contribution in [0, 0.1) is 10.1 Å². The zero-order valence-electron chi connectivity index (χ0n) is 14.0. The Morgan fingerprint density at radius 1 is 1.04 bits per heavy atom. The lowest BCUT2D eigenvalue weighted by molar-refractivity contribution is -0.384. The zero-order valence-corrected chi connectivity index (χ0v) is 14.0. The molecule has 2 heterocycles. The Morgan fingerprint density at radius 3 is 2.48 bits per heavy atom. The normalized spacial score (nSPS) is 10.7. The van der Waals surface area contributed by atoms with Crippen molar-refractivity contribution in [3.8, 4) is 11.1 Å². The van der Waals surface area contributed by atoms with Crippen molar-refractivity contribution in [1.82, 2.24) is 9.97 Å². The molecule has 0 aliphatic carbocycles. The molecular formula is C20H14N4O3. The van der Waals surface area contributed by atoms with Gasteiger partial charge < -0.3 is 10.3 Å². The number of non-ortho nitro benzene ring substituents is 1. The Hall–Kier alpha value is -4.00. The lowest BCUT2D eigenvalue weighted by Crippen LogP contribution is -2.13. The van der Waals surface area contributed by atoms with Crippen molar-refractivity contribution in [3.05, 3.63) is 88.9 Å². The lowest BCUT2D eigenvalue weighted by Gasteiger charge is -2.07. The van der Waals surface area contributed by atoms with Crippen LogP contribution in [-0.4, -0.2) is 20.8 Å². The molecule has 7 nitrogen and oxygen atoms in total. The molecule has 2 N–H and O–H groups in total. The number of H-pyrrole nitrogens is 1. The van der Waals surface area contributed by atoms with Crippen molar-refractivity contribution in [2.75, 3.05) is 5.32 Å². The number of aromatic nitrogens is 2. The molecule has 0 saturated carbocycles. The molecule has 0 atom stereocenters. The van der Waals surface area contributed by atoms with Gasteiger partial charge in [-0.15, -0.1) is 0 Å². The Labute approximate surface area is 153 Å². The Bertz CT molecular complexity index is 1140. The second kappa shape index (κ2) is 6.72. The Morgan fingerprint density at radius 2 is 1.78 bits per heavy atom. The Balaban J connectivity index is 1.89. The number of rotatable bonds is 4. The molecule has 0 radical (unpaired) electrons. The monoisotopic (exact) mass is 358 g/mol. The van der Waals surface area contributed by atoms with Gasteiger partial charge in [0.15, 0.2) is 0 Å². The van der Waals surface area contributed by atoms with Crippen molar-refractivity contribution >= 4 is 28.2 Å². The predicted molar refractivity (Wildman–Crippen MR) is 103 cm³/mol. The molecule has 4 rings (SSSR count). The highest BCUT2D eigenvalue weighted by molar-refractivity contribution is 6.14. The van der Waals surface area contributed by atoms with Crippen LogP contribution >= 0.6 is 0 Å². The molecule has 1 amide bonds. The van der Waals surface area contributed by atoms with E-state index in [9.17, 15) is 14.9 Å². The first kappa shape index (κ1) is 16.5. The van der Waals surface area contributed by atoms with Gasteiger partial charge in [0, 0.05) is 46.7 Å². The fourth-order valence-electron chi connectivity index (χ4n) is 3.00. The summed E-state index contributed by atoms with van der Waals surface area (Å²) in [4.78, 5) is 30.7. The number of carbonyl (C=O) groups excluding carboxylic acids is 1. The second-order valence-corrected chi connectivity index (χ2v) is 5.92. The van der Waals surface area contributed by atoms with Gasteiger partial charge in [0.2, 0.25) is 0 Å². The van der Waals surface area contributed by atoms with E-state index in [4.69, 9.17) is 0 Å². The summed E-state index contributed by atoms with van der Waals surface area (Å²) >= 11 is 0. The van der Waals surface area contributed by atoms with Crippen LogP contribution in [0.1, 0.15) is 10.5 Å².